The fourth-order valence-electron chi connectivity index (χ4n) is 3.86. The molecule has 0 atom stereocenters. The number of hydrogen-bond acceptors (Lipinski definition) is 6. The number of nitrogens with zero attached hydrogens (tertiary/aromatic N) is 2. The van der Waals surface area contributed by atoms with E-state index in [0.29, 0.717) is 34.6 Å². The van der Waals surface area contributed by atoms with E-state index in [0.717, 1.165) is 36.6 Å². The third-order valence-corrected chi connectivity index (χ3v) is 5.50. The van der Waals surface area contributed by atoms with Crippen LogP contribution in [0.15, 0.2) is 30.5 Å². The van der Waals surface area contributed by atoms with E-state index in [9.17, 15) is 4.79 Å². The Morgan fingerprint density at radius 3 is 2.61 bits per heavy atom. The van der Waals surface area contributed by atoms with Crippen LogP contribution in [0.3, 0.4) is 0 Å². The third-order valence-electron chi connectivity index (χ3n) is 5.50. The number of anilines is 2. The maximum atomic E-state index is 13.2. The van der Waals surface area contributed by atoms with Gasteiger partial charge in [-0.1, -0.05) is 24.3 Å². The van der Waals surface area contributed by atoms with E-state index < -0.39 is 0 Å². The van der Waals surface area contributed by atoms with Crippen LogP contribution in [-0.2, 0) is 0 Å². The van der Waals surface area contributed by atoms with Crippen molar-refractivity contribution in [3.05, 3.63) is 47.2 Å². The molecular formula is C21H26N6O. The smallest absolute Gasteiger partial charge is 0.226 e. The standard InChI is InChI=1S/C21H26N6O/c1-12-5-3-4-6-15(12)18(28)16-11-24-19-17(16)20(27-21(23-2)26-19)25-14-9-7-13(22)8-10-14/h3-6,11,13-14H,7-10,22H2,1-2H3,(H3,23,24,25,26,27). The highest BCUT2D eigenvalue weighted by Gasteiger charge is 2.24. The minimum absolute atomic E-state index is 0.0288. The van der Waals surface area contributed by atoms with Gasteiger partial charge in [0, 0.05) is 30.9 Å². The topological polar surface area (TPSA) is 109 Å². The predicted molar refractivity (Wildman–Crippen MR) is 112 cm³/mol. The van der Waals surface area contributed by atoms with E-state index in [2.05, 4.69) is 25.6 Å². The molecule has 0 aliphatic heterocycles. The molecule has 2 aromatic heterocycles. The molecule has 5 N–H and O–H groups in total. The maximum Gasteiger partial charge on any atom is 0.226 e. The maximum absolute atomic E-state index is 13.2. The molecule has 0 saturated heterocycles. The Morgan fingerprint density at radius 1 is 1.14 bits per heavy atom. The van der Waals surface area contributed by atoms with Gasteiger partial charge in [0.2, 0.25) is 5.95 Å². The zero-order valence-corrected chi connectivity index (χ0v) is 16.2. The molecule has 0 radical (unpaired) electrons. The third kappa shape index (κ3) is 3.45. The average Bonchev–Trinajstić information content (AvgIpc) is 3.14. The normalized spacial score (nSPS) is 19.5. The van der Waals surface area contributed by atoms with E-state index in [1.165, 1.54) is 0 Å². The number of carbonyl (C=O) groups is 1. The number of aromatic nitrogens is 3. The fourth-order valence-corrected chi connectivity index (χ4v) is 3.86. The van der Waals surface area contributed by atoms with E-state index in [-0.39, 0.29) is 11.8 Å². The number of ketones is 1. The molecule has 0 spiro atoms. The van der Waals surface area contributed by atoms with Gasteiger partial charge < -0.3 is 21.4 Å². The summed E-state index contributed by atoms with van der Waals surface area (Å²) in [5, 5.41) is 7.28. The first-order valence-electron chi connectivity index (χ1n) is 9.76. The molecule has 0 unspecified atom stereocenters. The van der Waals surface area contributed by atoms with Gasteiger partial charge in [-0.05, 0) is 38.2 Å². The summed E-state index contributed by atoms with van der Waals surface area (Å²) in [7, 11) is 1.78. The van der Waals surface area contributed by atoms with Crippen LogP contribution >= 0.6 is 0 Å². The molecule has 3 aromatic rings. The Kier molecular flexibility index (Phi) is 5.00. The minimum atomic E-state index is -0.0288. The number of nitrogens with two attached hydrogens (primary N) is 1. The van der Waals surface area contributed by atoms with Crippen LogP contribution in [0.4, 0.5) is 11.8 Å². The zero-order valence-electron chi connectivity index (χ0n) is 16.2. The van der Waals surface area contributed by atoms with Gasteiger partial charge in [-0.2, -0.15) is 9.97 Å². The predicted octanol–water partition coefficient (Wildman–Crippen LogP) is 3.22. The summed E-state index contributed by atoms with van der Waals surface area (Å²) in [6.45, 7) is 1.95. The number of carbonyl (C=O) groups excluding carboxylic acids is 1. The van der Waals surface area contributed by atoms with Crippen molar-refractivity contribution in [1.82, 2.24) is 15.0 Å². The van der Waals surface area contributed by atoms with Crippen molar-refractivity contribution < 1.29 is 4.79 Å². The van der Waals surface area contributed by atoms with Gasteiger partial charge in [0.25, 0.3) is 0 Å². The first-order valence-corrected chi connectivity index (χ1v) is 9.76. The lowest BCUT2D eigenvalue weighted by atomic mass is 9.91. The van der Waals surface area contributed by atoms with Gasteiger partial charge >= 0.3 is 0 Å². The molecule has 0 amide bonds. The Morgan fingerprint density at radius 2 is 1.89 bits per heavy atom. The average molecular weight is 378 g/mol. The molecular weight excluding hydrogens is 352 g/mol. The van der Waals surface area contributed by atoms with Crippen LogP contribution in [0.25, 0.3) is 11.0 Å². The van der Waals surface area contributed by atoms with Gasteiger partial charge in [-0.3, -0.25) is 4.79 Å². The molecule has 1 aromatic carbocycles. The highest BCUT2D eigenvalue weighted by atomic mass is 16.1. The Labute approximate surface area is 164 Å². The largest absolute Gasteiger partial charge is 0.367 e. The van der Waals surface area contributed by atoms with E-state index in [1.807, 2.05) is 31.2 Å². The lowest BCUT2D eigenvalue weighted by Gasteiger charge is -2.27. The van der Waals surface area contributed by atoms with Crippen molar-refractivity contribution in [2.24, 2.45) is 5.73 Å². The zero-order chi connectivity index (χ0) is 19.7. The second-order valence-corrected chi connectivity index (χ2v) is 7.47. The first kappa shape index (κ1) is 18.4. The van der Waals surface area contributed by atoms with Gasteiger partial charge in [0.05, 0.1) is 10.9 Å². The van der Waals surface area contributed by atoms with E-state index in [1.54, 1.807) is 13.2 Å². The minimum Gasteiger partial charge on any atom is -0.367 e. The number of rotatable bonds is 5. The van der Waals surface area contributed by atoms with Crippen molar-refractivity contribution in [3.63, 3.8) is 0 Å². The summed E-state index contributed by atoms with van der Waals surface area (Å²) in [5.74, 6) is 1.17. The van der Waals surface area contributed by atoms with Crippen molar-refractivity contribution in [3.8, 4) is 0 Å². The molecule has 1 saturated carbocycles. The van der Waals surface area contributed by atoms with Gasteiger partial charge in [-0.25, -0.2) is 0 Å². The molecule has 2 heterocycles. The first-order chi connectivity index (χ1) is 13.6. The van der Waals surface area contributed by atoms with Gasteiger partial charge in [0.15, 0.2) is 5.78 Å². The van der Waals surface area contributed by atoms with E-state index >= 15 is 0 Å². The molecule has 146 valence electrons. The fraction of sp³-hybridized carbons (Fsp3) is 0.381. The molecule has 4 rings (SSSR count). The SMILES string of the molecule is CNc1nc(NC2CCC(N)CC2)c2c(C(=O)c3ccccc3C)c[nH]c2n1. The monoisotopic (exact) mass is 378 g/mol. The van der Waals surface area contributed by atoms with Crippen molar-refractivity contribution in [2.75, 3.05) is 17.7 Å². The summed E-state index contributed by atoms with van der Waals surface area (Å²) in [5.41, 5.74) is 8.91. The number of benzene rings is 1. The quantitative estimate of drug-likeness (QED) is 0.508. The van der Waals surface area contributed by atoms with Crippen LogP contribution in [0.2, 0.25) is 0 Å². The molecule has 1 aliphatic carbocycles. The molecule has 7 nitrogen and oxygen atoms in total. The highest BCUT2D eigenvalue weighted by molar-refractivity contribution is 6.18. The van der Waals surface area contributed by atoms with Crippen molar-refractivity contribution in [2.45, 2.75) is 44.7 Å². The number of H-pyrrole nitrogens is 1. The molecule has 28 heavy (non-hydrogen) atoms. The summed E-state index contributed by atoms with van der Waals surface area (Å²) in [6, 6.07) is 8.19. The Balaban J connectivity index is 1.76. The summed E-state index contributed by atoms with van der Waals surface area (Å²) in [6.07, 6.45) is 5.70. The van der Waals surface area contributed by atoms with Crippen LogP contribution in [0.5, 0.6) is 0 Å². The lowest BCUT2D eigenvalue weighted by Crippen LogP contribution is -2.33. The van der Waals surface area contributed by atoms with Crippen LogP contribution < -0.4 is 16.4 Å². The van der Waals surface area contributed by atoms with Crippen molar-refractivity contribution in [1.29, 1.82) is 0 Å². The summed E-state index contributed by atoms with van der Waals surface area (Å²) >= 11 is 0. The lowest BCUT2D eigenvalue weighted by molar-refractivity contribution is 0.103. The van der Waals surface area contributed by atoms with Gasteiger partial charge in [0.1, 0.15) is 11.5 Å². The number of aromatic amines is 1. The summed E-state index contributed by atoms with van der Waals surface area (Å²) in [4.78, 5) is 25.5. The molecule has 1 fully saturated rings. The summed E-state index contributed by atoms with van der Waals surface area (Å²) < 4.78 is 0. The number of aryl methyl sites for hydroxylation is 1. The van der Waals surface area contributed by atoms with Crippen LogP contribution in [0, 0.1) is 6.92 Å². The number of fused-ring (bicyclic) bond motifs is 1. The molecule has 7 heteroatoms. The van der Waals surface area contributed by atoms with Crippen LogP contribution in [-0.4, -0.2) is 39.9 Å². The van der Waals surface area contributed by atoms with Gasteiger partial charge in [-0.15, -0.1) is 0 Å². The van der Waals surface area contributed by atoms with Crippen LogP contribution in [0.1, 0.15) is 47.2 Å². The number of hydrogen-bond donors (Lipinski definition) is 4. The number of nitrogens with one attached hydrogen (secondary N) is 3. The Hall–Kier alpha value is -2.93. The van der Waals surface area contributed by atoms with Crippen molar-refractivity contribution >= 4 is 28.6 Å². The molecule has 1 aliphatic rings. The highest BCUT2D eigenvalue weighted by Crippen LogP contribution is 2.30. The second-order valence-electron chi connectivity index (χ2n) is 7.47. The second kappa shape index (κ2) is 7.59. The van der Waals surface area contributed by atoms with E-state index in [4.69, 9.17) is 5.73 Å². The Bertz CT molecular complexity index is 1000. The molecule has 0 bridgehead atoms.